The lowest BCUT2D eigenvalue weighted by atomic mass is 9.88. The van der Waals surface area contributed by atoms with Crippen molar-refractivity contribution in [3.63, 3.8) is 0 Å². The molecule has 126 valence electrons. The molecule has 7 nitrogen and oxygen atoms in total. The molecule has 2 aromatic heterocycles. The van der Waals surface area contributed by atoms with Gasteiger partial charge in [0, 0.05) is 5.39 Å². The lowest BCUT2D eigenvalue weighted by Gasteiger charge is -2.22. The second-order valence-electron chi connectivity index (χ2n) is 5.66. The Morgan fingerprint density at radius 2 is 2.08 bits per heavy atom. The highest BCUT2D eigenvalue weighted by Gasteiger charge is 2.33. The van der Waals surface area contributed by atoms with Crippen molar-refractivity contribution < 1.29 is 14.3 Å². The minimum atomic E-state index is -0.976. The minimum Gasteiger partial charge on any atom is -0.492 e. The zero-order chi connectivity index (χ0) is 17.9. The van der Waals surface area contributed by atoms with Crippen LogP contribution < -0.4 is 10.3 Å². The number of esters is 1. The summed E-state index contributed by atoms with van der Waals surface area (Å²) in [4.78, 5) is 31.0. The third-order valence-corrected chi connectivity index (χ3v) is 3.68. The predicted octanol–water partition coefficient (Wildman–Crippen LogP) is 2.03. The number of aromatic amines is 1. The lowest BCUT2D eigenvalue weighted by molar-refractivity contribution is -0.148. The Bertz CT molecular complexity index is 878. The van der Waals surface area contributed by atoms with Crippen molar-refractivity contribution in [3.05, 3.63) is 33.9 Å². The molecule has 2 rings (SSSR count). The molecule has 0 atom stereocenters. The molecule has 0 bridgehead atoms. The van der Waals surface area contributed by atoms with E-state index < -0.39 is 16.9 Å². The number of carbonyl (C=O) groups excluding carboxylic acids is 1. The number of nitrogens with one attached hydrogen (secondary N) is 1. The van der Waals surface area contributed by atoms with Crippen LogP contribution in [0.4, 0.5) is 0 Å². The fourth-order valence-electron chi connectivity index (χ4n) is 2.32. The van der Waals surface area contributed by atoms with Crippen molar-refractivity contribution >= 4 is 16.9 Å². The van der Waals surface area contributed by atoms with Gasteiger partial charge in [0.2, 0.25) is 0 Å². The van der Waals surface area contributed by atoms with Crippen molar-refractivity contribution in [3.8, 4) is 11.8 Å². The number of nitriles is 1. The molecule has 0 spiro atoms. The zero-order valence-corrected chi connectivity index (χ0v) is 14.1. The van der Waals surface area contributed by atoms with Crippen molar-refractivity contribution in [2.75, 3.05) is 13.2 Å². The molecule has 0 saturated heterocycles. The molecule has 0 amide bonds. The van der Waals surface area contributed by atoms with Gasteiger partial charge in [-0.15, -0.1) is 0 Å². The van der Waals surface area contributed by atoms with Crippen LogP contribution in [-0.4, -0.2) is 29.2 Å². The maximum absolute atomic E-state index is 12.2. The molecular formula is C17H19N3O4. The second kappa shape index (κ2) is 6.71. The molecule has 7 heteroatoms. The molecule has 2 heterocycles. The maximum atomic E-state index is 12.2. The molecular weight excluding hydrogens is 310 g/mol. The van der Waals surface area contributed by atoms with Gasteiger partial charge in [0.05, 0.1) is 30.6 Å². The summed E-state index contributed by atoms with van der Waals surface area (Å²) in [7, 11) is 0. The van der Waals surface area contributed by atoms with Gasteiger partial charge in [-0.25, -0.2) is 0 Å². The van der Waals surface area contributed by atoms with Gasteiger partial charge in [0.25, 0.3) is 5.56 Å². The van der Waals surface area contributed by atoms with E-state index in [2.05, 4.69) is 9.97 Å². The largest absolute Gasteiger partial charge is 0.492 e. The van der Waals surface area contributed by atoms with E-state index in [4.69, 9.17) is 9.47 Å². The molecule has 0 fully saturated rings. The van der Waals surface area contributed by atoms with Crippen LogP contribution in [0, 0.1) is 11.3 Å². The standard InChI is InChI=1S/C17H19N3O4/c1-5-23-14-10-7-13(17(3,4)16(22)24-6-2)19-9-12(10)20-15(21)11(14)8-18/h7,9H,5-6H2,1-4H3,(H,20,21). The smallest absolute Gasteiger partial charge is 0.317 e. The van der Waals surface area contributed by atoms with Gasteiger partial charge in [0.15, 0.2) is 11.3 Å². The number of hydrogen-bond acceptors (Lipinski definition) is 6. The Morgan fingerprint density at radius 3 is 2.67 bits per heavy atom. The number of ether oxygens (including phenoxy) is 2. The van der Waals surface area contributed by atoms with E-state index in [0.717, 1.165) is 0 Å². The number of nitrogens with zero attached hydrogens (tertiary/aromatic N) is 2. The Labute approximate surface area is 139 Å². The van der Waals surface area contributed by atoms with Crippen molar-refractivity contribution in [2.24, 2.45) is 0 Å². The first-order chi connectivity index (χ1) is 11.4. The topological polar surface area (TPSA) is 105 Å². The summed E-state index contributed by atoms with van der Waals surface area (Å²) in [5.74, 6) is -0.207. The van der Waals surface area contributed by atoms with Crippen LogP contribution in [0.15, 0.2) is 17.1 Å². The van der Waals surface area contributed by atoms with E-state index in [1.54, 1.807) is 33.8 Å². The highest BCUT2D eigenvalue weighted by Crippen LogP contribution is 2.30. The van der Waals surface area contributed by atoms with Crippen LogP contribution in [0.1, 0.15) is 39.0 Å². The number of H-pyrrole nitrogens is 1. The first-order valence-corrected chi connectivity index (χ1v) is 7.63. The summed E-state index contributed by atoms with van der Waals surface area (Å²) in [6.07, 6.45) is 1.46. The van der Waals surface area contributed by atoms with Crippen LogP contribution in [0.5, 0.6) is 5.75 Å². The molecule has 0 unspecified atom stereocenters. The molecule has 1 N–H and O–H groups in total. The van der Waals surface area contributed by atoms with Gasteiger partial charge in [0.1, 0.15) is 11.5 Å². The number of rotatable bonds is 5. The average Bonchev–Trinajstić information content (AvgIpc) is 2.55. The number of fused-ring (bicyclic) bond motifs is 1. The van der Waals surface area contributed by atoms with Crippen LogP contribution in [0.3, 0.4) is 0 Å². The number of carbonyl (C=O) groups is 1. The van der Waals surface area contributed by atoms with Crippen LogP contribution in [-0.2, 0) is 14.9 Å². The number of hydrogen-bond donors (Lipinski definition) is 1. The van der Waals surface area contributed by atoms with Gasteiger partial charge in [-0.05, 0) is 33.8 Å². The quantitative estimate of drug-likeness (QED) is 0.842. The van der Waals surface area contributed by atoms with E-state index in [0.29, 0.717) is 23.2 Å². The molecule has 0 aliphatic heterocycles. The van der Waals surface area contributed by atoms with Crippen molar-refractivity contribution in [2.45, 2.75) is 33.1 Å². The van der Waals surface area contributed by atoms with Gasteiger partial charge >= 0.3 is 5.97 Å². The zero-order valence-electron chi connectivity index (χ0n) is 14.1. The molecule has 2 aromatic rings. The van der Waals surface area contributed by atoms with E-state index >= 15 is 0 Å². The maximum Gasteiger partial charge on any atom is 0.317 e. The molecule has 0 saturated carbocycles. The summed E-state index contributed by atoms with van der Waals surface area (Å²) in [6.45, 7) is 7.47. The molecule has 24 heavy (non-hydrogen) atoms. The van der Waals surface area contributed by atoms with Crippen LogP contribution in [0.2, 0.25) is 0 Å². The fourth-order valence-corrected chi connectivity index (χ4v) is 2.32. The van der Waals surface area contributed by atoms with Gasteiger partial charge < -0.3 is 14.5 Å². The predicted molar refractivity (Wildman–Crippen MR) is 87.9 cm³/mol. The van der Waals surface area contributed by atoms with Gasteiger partial charge in [-0.3, -0.25) is 14.6 Å². The summed E-state index contributed by atoms with van der Waals surface area (Å²) in [5.41, 5.74) is -0.712. The summed E-state index contributed by atoms with van der Waals surface area (Å²) >= 11 is 0. The summed E-state index contributed by atoms with van der Waals surface area (Å²) in [5, 5.41) is 9.76. The third-order valence-electron chi connectivity index (χ3n) is 3.68. The molecule has 0 aromatic carbocycles. The Kier molecular flexibility index (Phi) is 4.88. The van der Waals surface area contributed by atoms with Crippen LogP contribution >= 0.6 is 0 Å². The molecule has 0 aliphatic rings. The number of pyridine rings is 2. The highest BCUT2D eigenvalue weighted by molar-refractivity contribution is 5.89. The summed E-state index contributed by atoms with van der Waals surface area (Å²) < 4.78 is 10.6. The SMILES string of the molecule is CCOC(=O)C(C)(C)c1cc2c(OCC)c(C#N)c(=O)[nH]c2cn1. The Hall–Kier alpha value is -2.88. The fraction of sp³-hybridized carbons (Fsp3) is 0.412. The Morgan fingerprint density at radius 1 is 1.38 bits per heavy atom. The number of aromatic nitrogens is 2. The van der Waals surface area contributed by atoms with E-state index in [1.165, 1.54) is 6.20 Å². The normalized spacial score (nSPS) is 11.1. The van der Waals surface area contributed by atoms with Gasteiger partial charge in [-0.1, -0.05) is 0 Å². The second-order valence-corrected chi connectivity index (χ2v) is 5.66. The van der Waals surface area contributed by atoms with Gasteiger partial charge in [-0.2, -0.15) is 5.26 Å². The first kappa shape index (κ1) is 17.5. The minimum absolute atomic E-state index is 0.101. The van der Waals surface area contributed by atoms with Crippen LogP contribution in [0.25, 0.3) is 10.9 Å². The third kappa shape index (κ3) is 2.95. The average molecular weight is 329 g/mol. The molecule has 0 radical (unpaired) electrons. The van der Waals surface area contributed by atoms with Crippen molar-refractivity contribution in [1.29, 1.82) is 5.26 Å². The highest BCUT2D eigenvalue weighted by atomic mass is 16.5. The van der Waals surface area contributed by atoms with E-state index in [9.17, 15) is 14.9 Å². The summed E-state index contributed by atoms with van der Waals surface area (Å²) in [6, 6.07) is 3.51. The lowest BCUT2D eigenvalue weighted by Crippen LogP contribution is -2.32. The van der Waals surface area contributed by atoms with E-state index in [1.807, 2.05) is 6.07 Å². The Balaban J connectivity index is 2.72. The van der Waals surface area contributed by atoms with Crippen molar-refractivity contribution in [1.82, 2.24) is 9.97 Å². The van der Waals surface area contributed by atoms with E-state index in [-0.39, 0.29) is 17.9 Å². The monoisotopic (exact) mass is 329 g/mol. The first-order valence-electron chi connectivity index (χ1n) is 7.63. The molecule has 0 aliphatic carbocycles.